The number of hydrogen-bond donors (Lipinski definition) is 3. The van der Waals surface area contributed by atoms with E-state index in [0.29, 0.717) is 5.76 Å². The quantitative estimate of drug-likeness (QED) is 0.714. The first-order chi connectivity index (χ1) is 8.99. The van der Waals surface area contributed by atoms with Crippen LogP contribution in [-0.2, 0) is 16.1 Å². The van der Waals surface area contributed by atoms with Crippen molar-refractivity contribution in [1.82, 2.24) is 10.6 Å². The summed E-state index contributed by atoms with van der Waals surface area (Å²) in [6, 6.07) is 2.72. The Labute approximate surface area is 113 Å². The van der Waals surface area contributed by atoms with Crippen molar-refractivity contribution >= 4 is 29.7 Å². The topological polar surface area (TPSA) is 109 Å². The molecule has 3 N–H and O–H groups in total. The van der Waals surface area contributed by atoms with Crippen LogP contribution in [0.2, 0.25) is 0 Å². The lowest BCUT2D eigenvalue weighted by atomic mass is 10.4. The van der Waals surface area contributed by atoms with Gasteiger partial charge in [-0.05, 0) is 19.1 Å². The van der Waals surface area contributed by atoms with Gasteiger partial charge in [0.25, 0.3) is 0 Å². The molecule has 1 atom stereocenters. The van der Waals surface area contributed by atoms with Crippen LogP contribution in [0.3, 0.4) is 0 Å². The highest BCUT2D eigenvalue weighted by atomic mass is 32.2. The number of amides is 3. The number of carbonyl (C=O) groups excluding carboxylic acids is 2. The molecule has 7 nitrogen and oxygen atoms in total. The van der Waals surface area contributed by atoms with Gasteiger partial charge >= 0.3 is 12.0 Å². The lowest BCUT2D eigenvalue weighted by molar-refractivity contribution is -0.136. The number of thioether (sulfide) groups is 1. The minimum absolute atomic E-state index is 0.0956. The van der Waals surface area contributed by atoms with Crippen LogP contribution in [0.25, 0.3) is 0 Å². The third-order valence-corrected chi connectivity index (χ3v) is 3.20. The van der Waals surface area contributed by atoms with Gasteiger partial charge < -0.3 is 14.8 Å². The van der Waals surface area contributed by atoms with E-state index < -0.39 is 23.2 Å². The molecule has 0 aliphatic carbocycles. The summed E-state index contributed by atoms with van der Waals surface area (Å²) in [4.78, 5) is 33.2. The first-order valence-corrected chi connectivity index (χ1v) is 6.48. The van der Waals surface area contributed by atoms with Crippen LogP contribution in [0.1, 0.15) is 12.7 Å². The SMILES string of the molecule is CC(SCC(=O)NC(=O)NCc1ccco1)C(=O)O. The molecule has 0 aliphatic heterocycles. The number of imide groups is 1. The van der Waals surface area contributed by atoms with E-state index in [2.05, 4.69) is 10.6 Å². The predicted octanol–water partition coefficient (Wildman–Crippen LogP) is 0.812. The van der Waals surface area contributed by atoms with Gasteiger partial charge in [0.05, 0.1) is 23.8 Å². The van der Waals surface area contributed by atoms with Gasteiger partial charge in [-0.25, -0.2) is 4.79 Å². The Hall–Kier alpha value is -1.96. The standard InChI is InChI=1S/C11H14N2O5S/c1-7(10(15)16)19-6-9(14)13-11(17)12-5-8-3-2-4-18-8/h2-4,7H,5-6H2,1H3,(H,15,16)(H2,12,13,14,17). The molecule has 1 aromatic heterocycles. The average Bonchev–Trinajstić information content (AvgIpc) is 2.86. The summed E-state index contributed by atoms with van der Waals surface area (Å²) >= 11 is 0.940. The van der Waals surface area contributed by atoms with Crippen molar-refractivity contribution in [2.75, 3.05) is 5.75 Å². The highest BCUT2D eigenvalue weighted by Gasteiger charge is 2.14. The number of urea groups is 1. The maximum atomic E-state index is 11.3. The molecule has 0 bridgehead atoms. The molecule has 19 heavy (non-hydrogen) atoms. The molecule has 104 valence electrons. The molecule has 8 heteroatoms. The van der Waals surface area contributed by atoms with E-state index in [-0.39, 0.29) is 12.3 Å². The van der Waals surface area contributed by atoms with Crippen LogP contribution in [0.15, 0.2) is 22.8 Å². The number of furan rings is 1. The second kappa shape index (κ2) is 7.47. The largest absolute Gasteiger partial charge is 0.480 e. The molecule has 3 amide bonds. The molecule has 0 saturated heterocycles. The highest BCUT2D eigenvalue weighted by molar-refractivity contribution is 8.01. The van der Waals surface area contributed by atoms with E-state index in [1.165, 1.54) is 13.2 Å². The van der Waals surface area contributed by atoms with Crippen molar-refractivity contribution in [3.05, 3.63) is 24.2 Å². The molecule has 1 unspecified atom stereocenters. The van der Waals surface area contributed by atoms with Gasteiger partial charge in [0.15, 0.2) is 0 Å². The highest BCUT2D eigenvalue weighted by Crippen LogP contribution is 2.09. The summed E-state index contributed by atoms with van der Waals surface area (Å²) in [5, 5.41) is 12.5. The van der Waals surface area contributed by atoms with Gasteiger partial charge in [0.1, 0.15) is 5.76 Å². The summed E-state index contributed by atoms with van der Waals surface area (Å²) in [5.74, 6) is -1.08. The molecule has 1 rings (SSSR count). The smallest absolute Gasteiger partial charge is 0.321 e. The number of hydrogen-bond acceptors (Lipinski definition) is 5. The fraction of sp³-hybridized carbons (Fsp3) is 0.364. The van der Waals surface area contributed by atoms with E-state index in [1.807, 2.05) is 0 Å². The van der Waals surface area contributed by atoms with Crippen LogP contribution >= 0.6 is 11.8 Å². The Morgan fingerprint density at radius 1 is 1.47 bits per heavy atom. The van der Waals surface area contributed by atoms with E-state index >= 15 is 0 Å². The molecular weight excluding hydrogens is 272 g/mol. The van der Waals surface area contributed by atoms with Crippen molar-refractivity contribution in [2.24, 2.45) is 0 Å². The second-order valence-electron chi connectivity index (χ2n) is 3.60. The fourth-order valence-electron chi connectivity index (χ4n) is 1.06. The summed E-state index contributed by atoms with van der Waals surface area (Å²) in [7, 11) is 0. The maximum absolute atomic E-state index is 11.3. The first kappa shape index (κ1) is 15.1. The van der Waals surface area contributed by atoms with Crippen molar-refractivity contribution in [3.63, 3.8) is 0 Å². The van der Waals surface area contributed by atoms with Crippen LogP contribution < -0.4 is 10.6 Å². The Balaban J connectivity index is 2.20. The monoisotopic (exact) mass is 286 g/mol. The lowest BCUT2D eigenvalue weighted by Crippen LogP contribution is -2.40. The van der Waals surface area contributed by atoms with E-state index in [4.69, 9.17) is 9.52 Å². The van der Waals surface area contributed by atoms with Crippen molar-refractivity contribution in [3.8, 4) is 0 Å². The predicted molar refractivity (Wildman–Crippen MR) is 68.6 cm³/mol. The molecule has 0 aliphatic rings. The van der Waals surface area contributed by atoms with Crippen LogP contribution in [0, 0.1) is 0 Å². The Morgan fingerprint density at radius 3 is 2.79 bits per heavy atom. The zero-order valence-electron chi connectivity index (χ0n) is 10.2. The Morgan fingerprint density at radius 2 is 2.21 bits per heavy atom. The van der Waals surface area contributed by atoms with Gasteiger partial charge in [-0.2, -0.15) is 0 Å². The number of nitrogens with one attached hydrogen (secondary N) is 2. The van der Waals surface area contributed by atoms with E-state index in [0.717, 1.165) is 11.8 Å². The van der Waals surface area contributed by atoms with Gasteiger partial charge in [0.2, 0.25) is 5.91 Å². The molecular formula is C11H14N2O5S. The van der Waals surface area contributed by atoms with E-state index in [9.17, 15) is 14.4 Å². The number of carbonyl (C=O) groups is 3. The van der Waals surface area contributed by atoms with Crippen molar-refractivity contribution in [1.29, 1.82) is 0 Å². The Bertz CT molecular complexity index is 446. The number of rotatable bonds is 6. The minimum atomic E-state index is -1.000. The Kier molecular flexibility index (Phi) is 5.94. The molecule has 1 aromatic rings. The average molecular weight is 286 g/mol. The fourth-order valence-corrected chi connectivity index (χ4v) is 1.68. The van der Waals surface area contributed by atoms with Crippen molar-refractivity contribution < 1.29 is 23.9 Å². The van der Waals surface area contributed by atoms with Gasteiger partial charge in [-0.1, -0.05) is 0 Å². The summed E-state index contributed by atoms with van der Waals surface area (Å²) in [5.41, 5.74) is 0. The summed E-state index contributed by atoms with van der Waals surface area (Å²) in [6.07, 6.45) is 1.48. The minimum Gasteiger partial charge on any atom is -0.480 e. The van der Waals surface area contributed by atoms with Crippen molar-refractivity contribution in [2.45, 2.75) is 18.7 Å². The van der Waals surface area contributed by atoms with Crippen LogP contribution in [0.5, 0.6) is 0 Å². The zero-order chi connectivity index (χ0) is 14.3. The maximum Gasteiger partial charge on any atom is 0.321 e. The van der Waals surface area contributed by atoms with Gasteiger partial charge in [0, 0.05) is 0 Å². The van der Waals surface area contributed by atoms with Gasteiger partial charge in [-0.3, -0.25) is 14.9 Å². The number of carboxylic acid groups (broad SMARTS) is 1. The van der Waals surface area contributed by atoms with Gasteiger partial charge in [-0.15, -0.1) is 11.8 Å². The molecule has 0 saturated carbocycles. The third kappa shape index (κ3) is 5.96. The molecule has 0 spiro atoms. The zero-order valence-corrected chi connectivity index (χ0v) is 11.0. The molecule has 0 radical (unpaired) electrons. The van der Waals surface area contributed by atoms with Crippen LogP contribution in [0.4, 0.5) is 4.79 Å². The lowest BCUT2D eigenvalue weighted by Gasteiger charge is -2.07. The van der Waals surface area contributed by atoms with E-state index in [1.54, 1.807) is 12.1 Å². The number of carboxylic acids is 1. The summed E-state index contributed by atoms with van der Waals surface area (Å²) < 4.78 is 5.00. The molecule has 1 heterocycles. The first-order valence-electron chi connectivity index (χ1n) is 5.43. The molecule has 0 aromatic carbocycles. The second-order valence-corrected chi connectivity index (χ2v) is 4.93. The number of aliphatic carboxylic acids is 1. The normalized spacial score (nSPS) is 11.6. The summed E-state index contributed by atoms with van der Waals surface area (Å²) in [6.45, 7) is 1.64. The molecule has 0 fully saturated rings. The van der Waals surface area contributed by atoms with Crippen LogP contribution in [-0.4, -0.2) is 34.0 Å². The third-order valence-electron chi connectivity index (χ3n) is 2.07.